The summed E-state index contributed by atoms with van der Waals surface area (Å²) in [4.78, 5) is 24.2. The van der Waals surface area contributed by atoms with E-state index in [0.29, 0.717) is 11.5 Å². The average Bonchev–Trinajstić information content (AvgIpc) is 2.56. The molecule has 1 aromatic rings. The van der Waals surface area contributed by atoms with Gasteiger partial charge in [-0.05, 0) is 30.3 Å². The Kier molecular flexibility index (Phi) is 5.08. The van der Waals surface area contributed by atoms with Crippen LogP contribution in [0.4, 0.5) is 0 Å². The Balaban J connectivity index is 0.00000180. The van der Waals surface area contributed by atoms with Gasteiger partial charge in [0.2, 0.25) is 0 Å². The molecule has 0 amide bonds. The SMILES string of the molecule is Br.CC(=O)Oc1cc2c(cc1OC(C)=O)CN(C)C2. The third-order valence-electron chi connectivity index (χ3n) is 2.65. The molecule has 2 rings (SSSR count). The minimum Gasteiger partial charge on any atom is -0.423 e. The second-order valence-corrected chi connectivity index (χ2v) is 4.43. The lowest BCUT2D eigenvalue weighted by atomic mass is 10.1. The summed E-state index contributed by atoms with van der Waals surface area (Å²) < 4.78 is 10.1. The number of carbonyl (C=O) groups is 2. The monoisotopic (exact) mass is 329 g/mol. The molecule has 19 heavy (non-hydrogen) atoms. The Hall–Kier alpha value is -1.40. The van der Waals surface area contributed by atoms with Crippen molar-refractivity contribution in [1.29, 1.82) is 0 Å². The number of benzene rings is 1. The van der Waals surface area contributed by atoms with Gasteiger partial charge in [0.15, 0.2) is 11.5 Å². The quantitative estimate of drug-likeness (QED) is 0.614. The zero-order valence-electron chi connectivity index (χ0n) is 11.1. The maximum Gasteiger partial charge on any atom is 0.308 e. The number of carbonyl (C=O) groups excluding carboxylic acids is 2. The number of rotatable bonds is 2. The maximum atomic E-state index is 11.0. The number of halogens is 1. The van der Waals surface area contributed by atoms with Crippen LogP contribution >= 0.6 is 17.0 Å². The molecule has 0 aromatic heterocycles. The fourth-order valence-corrected chi connectivity index (χ4v) is 2.05. The second kappa shape index (κ2) is 6.16. The lowest BCUT2D eigenvalue weighted by Gasteiger charge is -2.10. The summed E-state index contributed by atoms with van der Waals surface area (Å²) in [6.45, 7) is 4.22. The largest absolute Gasteiger partial charge is 0.423 e. The second-order valence-electron chi connectivity index (χ2n) is 4.43. The van der Waals surface area contributed by atoms with Crippen molar-refractivity contribution >= 4 is 28.9 Å². The van der Waals surface area contributed by atoms with Crippen molar-refractivity contribution in [2.24, 2.45) is 0 Å². The number of nitrogens with zero attached hydrogens (tertiary/aromatic N) is 1. The first-order valence-corrected chi connectivity index (χ1v) is 5.67. The number of hydrogen-bond donors (Lipinski definition) is 0. The van der Waals surface area contributed by atoms with E-state index in [2.05, 4.69) is 4.90 Å². The summed E-state index contributed by atoms with van der Waals surface area (Å²) in [6.07, 6.45) is 0. The summed E-state index contributed by atoms with van der Waals surface area (Å²) in [5.41, 5.74) is 2.18. The van der Waals surface area contributed by atoms with Gasteiger partial charge in [-0.1, -0.05) is 0 Å². The van der Waals surface area contributed by atoms with Crippen LogP contribution in [0, 0.1) is 0 Å². The van der Waals surface area contributed by atoms with E-state index in [4.69, 9.17) is 9.47 Å². The third-order valence-corrected chi connectivity index (χ3v) is 2.65. The summed E-state index contributed by atoms with van der Waals surface area (Å²) in [7, 11) is 2.00. The van der Waals surface area contributed by atoms with Crippen molar-refractivity contribution in [2.45, 2.75) is 26.9 Å². The number of esters is 2. The molecular formula is C13H16BrNO4. The molecule has 0 saturated carbocycles. The number of fused-ring (bicyclic) bond motifs is 1. The minimum absolute atomic E-state index is 0. The van der Waals surface area contributed by atoms with Crippen LogP contribution in [0.3, 0.4) is 0 Å². The molecule has 1 aliphatic rings. The summed E-state index contributed by atoms with van der Waals surface area (Å²) in [6, 6.07) is 3.52. The molecule has 0 aliphatic carbocycles. The number of ether oxygens (including phenoxy) is 2. The van der Waals surface area contributed by atoms with Gasteiger partial charge in [-0.25, -0.2) is 0 Å². The van der Waals surface area contributed by atoms with Gasteiger partial charge in [0.1, 0.15) is 0 Å². The normalized spacial score (nSPS) is 13.4. The average molecular weight is 330 g/mol. The molecule has 1 aliphatic heterocycles. The van der Waals surface area contributed by atoms with Crippen LogP contribution in [0.25, 0.3) is 0 Å². The Morgan fingerprint density at radius 3 is 1.68 bits per heavy atom. The zero-order chi connectivity index (χ0) is 13.3. The summed E-state index contributed by atoms with van der Waals surface area (Å²) in [5, 5.41) is 0. The fraction of sp³-hybridized carbons (Fsp3) is 0.385. The van der Waals surface area contributed by atoms with E-state index in [1.54, 1.807) is 12.1 Å². The van der Waals surface area contributed by atoms with Crippen LogP contribution < -0.4 is 9.47 Å². The molecule has 1 aromatic carbocycles. The summed E-state index contributed by atoms with van der Waals surface area (Å²) >= 11 is 0. The van der Waals surface area contributed by atoms with Gasteiger partial charge >= 0.3 is 11.9 Å². The van der Waals surface area contributed by atoms with E-state index in [9.17, 15) is 9.59 Å². The topological polar surface area (TPSA) is 55.8 Å². The Morgan fingerprint density at radius 2 is 1.37 bits per heavy atom. The first kappa shape index (κ1) is 15.7. The first-order valence-electron chi connectivity index (χ1n) is 5.67. The van der Waals surface area contributed by atoms with E-state index >= 15 is 0 Å². The van der Waals surface area contributed by atoms with Crippen LogP contribution in [0.5, 0.6) is 11.5 Å². The highest BCUT2D eigenvalue weighted by molar-refractivity contribution is 8.93. The predicted octanol–water partition coefficient (Wildman–Crippen LogP) is 2.06. The Labute approximate surface area is 122 Å². The Morgan fingerprint density at radius 1 is 1.00 bits per heavy atom. The van der Waals surface area contributed by atoms with E-state index in [1.165, 1.54) is 13.8 Å². The van der Waals surface area contributed by atoms with Crippen molar-refractivity contribution in [3.05, 3.63) is 23.3 Å². The number of hydrogen-bond acceptors (Lipinski definition) is 5. The van der Waals surface area contributed by atoms with Crippen molar-refractivity contribution in [3.63, 3.8) is 0 Å². The molecule has 6 heteroatoms. The minimum atomic E-state index is -0.435. The molecule has 0 N–H and O–H groups in total. The molecule has 0 saturated heterocycles. The van der Waals surface area contributed by atoms with E-state index < -0.39 is 11.9 Å². The molecular weight excluding hydrogens is 314 g/mol. The van der Waals surface area contributed by atoms with Gasteiger partial charge in [-0.2, -0.15) is 0 Å². The zero-order valence-corrected chi connectivity index (χ0v) is 12.8. The van der Waals surface area contributed by atoms with Crippen LogP contribution in [0.1, 0.15) is 25.0 Å². The smallest absolute Gasteiger partial charge is 0.308 e. The van der Waals surface area contributed by atoms with Crippen LogP contribution in [0.2, 0.25) is 0 Å². The molecule has 0 unspecified atom stereocenters. The fourth-order valence-electron chi connectivity index (χ4n) is 2.05. The highest BCUT2D eigenvalue weighted by Crippen LogP contribution is 2.35. The predicted molar refractivity (Wildman–Crippen MR) is 74.6 cm³/mol. The van der Waals surface area contributed by atoms with Crippen molar-refractivity contribution < 1.29 is 19.1 Å². The van der Waals surface area contributed by atoms with Gasteiger partial charge in [-0.15, -0.1) is 17.0 Å². The van der Waals surface area contributed by atoms with Crippen molar-refractivity contribution in [3.8, 4) is 11.5 Å². The maximum absolute atomic E-state index is 11.0. The molecule has 5 nitrogen and oxygen atoms in total. The highest BCUT2D eigenvalue weighted by Gasteiger charge is 2.21. The third kappa shape index (κ3) is 3.78. The van der Waals surface area contributed by atoms with E-state index in [0.717, 1.165) is 24.2 Å². The molecule has 1 heterocycles. The van der Waals surface area contributed by atoms with Gasteiger partial charge in [0.05, 0.1) is 0 Å². The van der Waals surface area contributed by atoms with E-state index in [1.807, 2.05) is 7.05 Å². The standard InChI is InChI=1S/C13H15NO4.BrH/c1-8(15)17-12-4-10-6-14(3)7-11(10)5-13(12)18-9(2)16;/h4-5H,6-7H2,1-3H3;1H. The molecule has 0 atom stereocenters. The molecule has 104 valence electrons. The van der Waals surface area contributed by atoms with Gasteiger partial charge < -0.3 is 9.47 Å². The highest BCUT2D eigenvalue weighted by atomic mass is 79.9. The molecule has 0 radical (unpaired) electrons. The van der Waals surface area contributed by atoms with Crippen LogP contribution in [-0.4, -0.2) is 23.9 Å². The van der Waals surface area contributed by atoms with Gasteiger partial charge in [-0.3, -0.25) is 14.5 Å². The van der Waals surface area contributed by atoms with E-state index in [-0.39, 0.29) is 17.0 Å². The molecule has 0 bridgehead atoms. The lowest BCUT2D eigenvalue weighted by Crippen LogP contribution is -2.07. The first-order chi connectivity index (χ1) is 8.45. The molecule has 0 spiro atoms. The lowest BCUT2D eigenvalue weighted by molar-refractivity contribution is -0.134. The molecule has 0 fully saturated rings. The van der Waals surface area contributed by atoms with Gasteiger partial charge in [0, 0.05) is 26.9 Å². The van der Waals surface area contributed by atoms with Crippen LogP contribution in [0.15, 0.2) is 12.1 Å². The van der Waals surface area contributed by atoms with Crippen molar-refractivity contribution in [1.82, 2.24) is 4.90 Å². The van der Waals surface area contributed by atoms with Crippen LogP contribution in [-0.2, 0) is 22.7 Å². The van der Waals surface area contributed by atoms with Crippen molar-refractivity contribution in [2.75, 3.05) is 7.05 Å². The summed E-state index contributed by atoms with van der Waals surface area (Å²) in [5.74, 6) is -0.275. The Bertz CT molecular complexity index is 471. The van der Waals surface area contributed by atoms with Gasteiger partial charge in [0.25, 0.3) is 0 Å².